The molecule has 2 aromatic rings. The number of halogens is 2. The fraction of sp³-hybridized carbons (Fsp3) is 0.300. The highest BCUT2D eigenvalue weighted by atomic mass is 35.5. The molecule has 152 valence electrons. The summed E-state index contributed by atoms with van der Waals surface area (Å²) in [6, 6.07) is 10.1. The van der Waals surface area contributed by atoms with Gasteiger partial charge in [-0.1, -0.05) is 23.7 Å². The van der Waals surface area contributed by atoms with Gasteiger partial charge in [0.1, 0.15) is 35.0 Å². The number of carbonyl (C=O) groups excluding carboxylic acids is 1. The van der Waals surface area contributed by atoms with Crippen molar-refractivity contribution in [3.05, 3.63) is 74.7 Å². The molecule has 0 bridgehead atoms. The molecule has 1 aliphatic heterocycles. The zero-order valence-electron chi connectivity index (χ0n) is 15.7. The predicted octanol–water partition coefficient (Wildman–Crippen LogP) is 3.65. The minimum absolute atomic E-state index is 0.0382. The SMILES string of the molecule is CC1C(=C=O)N(Cc2ccc(F)cc2)CCN1COc1ccc(Cl)c([N+](=O)[O-])c1. The van der Waals surface area contributed by atoms with Crippen LogP contribution in [0.2, 0.25) is 5.02 Å². The van der Waals surface area contributed by atoms with Crippen LogP contribution in [-0.4, -0.2) is 46.5 Å². The van der Waals surface area contributed by atoms with E-state index in [-0.39, 0.29) is 29.3 Å². The molecule has 0 radical (unpaired) electrons. The van der Waals surface area contributed by atoms with Gasteiger partial charge in [-0.15, -0.1) is 0 Å². The number of hydrogen-bond acceptors (Lipinski definition) is 6. The van der Waals surface area contributed by atoms with E-state index >= 15 is 0 Å². The van der Waals surface area contributed by atoms with Crippen LogP contribution in [-0.2, 0) is 11.3 Å². The first kappa shape index (κ1) is 20.8. The highest BCUT2D eigenvalue weighted by molar-refractivity contribution is 6.32. The van der Waals surface area contributed by atoms with Crippen molar-refractivity contribution in [3.63, 3.8) is 0 Å². The number of rotatable bonds is 6. The fourth-order valence-corrected chi connectivity index (χ4v) is 3.37. The van der Waals surface area contributed by atoms with Crippen molar-refractivity contribution < 1.29 is 18.8 Å². The summed E-state index contributed by atoms with van der Waals surface area (Å²) in [5.41, 5.74) is 1.14. The van der Waals surface area contributed by atoms with Gasteiger partial charge in [0.15, 0.2) is 0 Å². The summed E-state index contributed by atoms with van der Waals surface area (Å²) in [4.78, 5) is 25.9. The molecule has 9 heteroatoms. The molecule has 1 aliphatic rings. The Morgan fingerprint density at radius 1 is 1.28 bits per heavy atom. The molecule has 0 spiro atoms. The largest absolute Gasteiger partial charge is 0.478 e. The molecule has 7 nitrogen and oxygen atoms in total. The molecule has 0 aliphatic carbocycles. The highest BCUT2D eigenvalue weighted by Gasteiger charge is 2.29. The van der Waals surface area contributed by atoms with Crippen LogP contribution in [0.25, 0.3) is 0 Å². The molecule has 0 aromatic heterocycles. The summed E-state index contributed by atoms with van der Waals surface area (Å²) in [7, 11) is 0. The Morgan fingerprint density at radius 2 is 2.00 bits per heavy atom. The van der Waals surface area contributed by atoms with Crippen molar-refractivity contribution >= 4 is 23.2 Å². The molecule has 0 amide bonds. The third kappa shape index (κ3) is 4.92. The summed E-state index contributed by atoms with van der Waals surface area (Å²) in [6.07, 6.45) is 0. The first-order chi connectivity index (χ1) is 13.9. The van der Waals surface area contributed by atoms with Gasteiger partial charge in [-0.2, -0.15) is 0 Å². The molecule has 1 unspecified atom stereocenters. The minimum Gasteiger partial charge on any atom is -0.478 e. The molecule has 0 N–H and O–H groups in total. The van der Waals surface area contributed by atoms with Crippen LogP contribution in [0.4, 0.5) is 10.1 Å². The lowest BCUT2D eigenvalue weighted by atomic mass is 10.1. The summed E-state index contributed by atoms with van der Waals surface area (Å²) >= 11 is 5.81. The fourth-order valence-electron chi connectivity index (χ4n) is 3.18. The van der Waals surface area contributed by atoms with Crippen LogP contribution < -0.4 is 4.74 Å². The molecular formula is C20H19ClFN3O4. The molecule has 29 heavy (non-hydrogen) atoms. The highest BCUT2D eigenvalue weighted by Crippen LogP contribution is 2.29. The van der Waals surface area contributed by atoms with Crippen LogP contribution in [0.1, 0.15) is 12.5 Å². The van der Waals surface area contributed by atoms with Gasteiger partial charge < -0.3 is 9.64 Å². The Bertz CT molecular complexity index is 947. The Labute approximate surface area is 172 Å². The normalized spacial score (nSPS) is 17.1. The van der Waals surface area contributed by atoms with E-state index in [1.807, 2.05) is 22.7 Å². The zero-order chi connectivity index (χ0) is 21.0. The maximum Gasteiger partial charge on any atom is 0.291 e. The lowest BCUT2D eigenvalue weighted by Gasteiger charge is -2.40. The lowest BCUT2D eigenvalue weighted by Crippen LogP contribution is -2.51. The minimum atomic E-state index is -0.570. The van der Waals surface area contributed by atoms with Crippen molar-refractivity contribution in [2.45, 2.75) is 19.5 Å². The summed E-state index contributed by atoms with van der Waals surface area (Å²) < 4.78 is 18.8. The van der Waals surface area contributed by atoms with Gasteiger partial charge in [0.25, 0.3) is 5.69 Å². The van der Waals surface area contributed by atoms with Crippen LogP contribution >= 0.6 is 11.6 Å². The smallest absolute Gasteiger partial charge is 0.291 e. The van der Waals surface area contributed by atoms with Crippen molar-refractivity contribution in [1.82, 2.24) is 9.80 Å². The van der Waals surface area contributed by atoms with Crippen LogP contribution in [0.5, 0.6) is 5.75 Å². The van der Waals surface area contributed by atoms with E-state index in [9.17, 15) is 19.3 Å². The number of ether oxygens (including phenoxy) is 1. The number of benzene rings is 2. The quantitative estimate of drug-likeness (QED) is 0.404. The van der Waals surface area contributed by atoms with Gasteiger partial charge in [-0.25, -0.2) is 9.18 Å². The second kappa shape index (κ2) is 9.05. The van der Waals surface area contributed by atoms with Crippen molar-refractivity contribution in [2.75, 3.05) is 19.8 Å². The van der Waals surface area contributed by atoms with E-state index in [0.29, 0.717) is 31.1 Å². The average Bonchev–Trinajstić information content (AvgIpc) is 2.70. The number of nitro groups is 1. The third-order valence-electron chi connectivity index (χ3n) is 4.84. The molecule has 1 saturated heterocycles. The van der Waals surface area contributed by atoms with E-state index in [0.717, 1.165) is 5.56 Å². The van der Waals surface area contributed by atoms with Crippen LogP contribution in [0.3, 0.4) is 0 Å². The van der Waals surface area contributed by atoms with Gasteiger partial charge in [-0.3, -0.25) is 15.0 Å². The number of hydrogen-bond donors (Lipinski definition) is 0. The lowest BCUT2D eigenvalue weighted by molar-refractivity contribution is -0.384. The summed E-state index contributed by atoms with van der Waals surface area (Å²) in [5, 5.41) is 11.0. The Hall–Kier alpha value is -2.93. The molecule has 2 aromatic carbocycles. The van der Waals surface area contributed by atoms with Gasteiger partial charge in [0.2, 0.25) is 0 Å². The number of nitrogens with zero attached hydrogens (tertiary/aromatic N) is 3. The monoisotopic (exact) mass is 419 g/mol. The molecule has 0 saturated carbocycles. The summed E-state index contributed by atoms with van der Waals surface area (Å²) in [5.74, 6) is 2.02. The Morgan fingerprint density at radius 3 is 2.66 bits per heavy atom. The average molecular weight is 420 g/mol. The Balaban J connectivity index is 1.64. The zero-order valence-corrected chi connectivity index (χ0v) is 16.4. The number of piperazine rings is 1. The van der Waals surface area contributed by atoms with Gasteiger partial charge in [-0.05, 0) is 36.8 Å². The first-order valence-corrected chi connectivity index (χ1v) is 9.32. The van der Waals surface area contributed by atoms with Crippen molar-refractivity contribution in [1.29, 1.82) is 0 Å². The molecule has 3 rings (SSSR count). The van der Waals surface area contributed by atoms with Crippen molar-refractivity contribution in [3.8, 4) is 5.75 Å². The van der Waals surface area contributed by atoms with Crippen LogP contribution in [0.15, 0.2) is 48.2 Å². The topological polar surface area (TPSA) is 75.9 Å². The van der Waals surface area contributed by atoms with E-state index in [2.05, 4.69) is 0 Å². The standard InChI is InChI=1S/C20H19ClFN3O4/c1-14-20(12-26)23(11-15-2-4-16(22)5-3-15)8-9-24(14)13-29-17-6-7-18(21)19(10-17)25(27)28/h2-7,10,14H,8-9,11,13H2,1H3. The predicted molar refractivity (Wildman–Crippen MR) is 106 cm³/mol. The third-order valence-corrected chi connectivity index (χ3v) is 5.16. The number of nitro benzene ring substituents is 1. The molecule has 1 fully saturated rings. The van der Waals surface area contributed by atoms with E-state index in [1.165, 1.54) is 24.3 Å². The van der Waals surface area contributed by atoms with E-state index in [4.69, 9.17) is 16.3 Å². The van der Waals surface area contributed by atoms with Gasteiger partial charge >= 0.3 is 0 Å². The van der Waals surface area contributed by atoms with Gasteiger partial charge in [0.05, 0.1) is 17.0 Å². The van der Waals surface area contributed by atoms with Gasteiger partial charge in [0, 0.05) is 19.6 Å². The van der Waals surface area contributed by atoms with E-state index < -0.39 is 4.92 Å². The second-order valence-corrected chi connectivity index (χ2v) is 7.07. The van der Waals surface area contributed by atoms with Crippen LogP contribution in [0, 0.1) is 15.9 Å². The molecule has 1 heterocycles. The second-order valence-electron chi connectivity index (χ2n) is 6.67. The van der Waals surface area contributed by atoms with Crippen molar-refractivity contribution in [2.24, 2.45) is 0 Å². The first-order valence-electron chi connectivity index (χ1n) is 8.94. The summed E-state index contributed by atoms with van der Waals surface area (Å²) in [6.45, 7) is 3.67. The molecule has 1 atom stereocenters. The molecular weight excluding hydrogens is 401 g/mol. The Kier molecular flexibility index (Phi) is 6.49. The maximum atomic E-state index is 13.1. The maximum absolute atomic E-state index is 13.1. The van der Waals surface area contributed by atoms with E-state index in [1.54, 1.807) is 18.2 Å².